The molecule has 0 saturated heterocycles. The number of carboxylic acids is 1. The lowest BCUT2D eigenvalue weighted by molar-refractivity contribution is -0.139. The monoisotopic (exact) mass is 347 g/mol. The number of hydrogen-bond donors (Lipinski definition) is 3. The van der Waals surface area contributed by atoms with Crippen LogP contribution >= 0.6 is 0 Å². The first kappa shape index (κ1) is 18.3. The number of hydrogen-bond acceptors (Lipinski definition) is 5. The second-order valence-electron chi connectivity index (χ2n) is 5.39. The van der Waals surface area contributed by atoms with Gasteiger partial charge in [-0.15, -0.1) is 0 Å². The van der Waals surface area contributed by atoms with Crippen LogP contribution in [0, 0.1) is 0 Å². The van der Waals surface area contributed by atoms with E-state index < -0.39 is 17.9 Å². The molecular formula is C17H21N3O5. The number of amides is 1. The molecule has 0 aliphatic heterocycles. The number of carboxylic acid groups (broad SMARTS) is 1. The molecule has 1 heterocycles. The van der Waals surface area contributed by atoms with Gasteiger partial charge in [-0.3, -0.25) is 9.89 Å². The molecule has 2 aromatic rings. The molecule has 134 valence electrons. The molecule has 8 heteroatoms. The van der Waals surface area contributed by atoms with Crippen molar-refractivity contribution in [3.63, 3.8) is 0 Å². The maximum absolute atomic E-state index is 12.2. The van der Waals surface area contributed by atoms with Crippen LogP contribution in [0.4, 0.5) is 0 Å². The van der Waals surface area contributed by atoms with Crippen molar-refractivity contribution in [2.45, 2.75) is 25.8 Å². The van der Waals surface area contributed by atoms with Crippen molar-refractivity contribution >= 4 is 11.9 Å². The van der Waals surface area contributed by atoms with Gasteiger partial charge in [-0.25, -0.2) is 4.79 Å². The Kier molecular flexibility index (Phi) is 5.99. The highest BCUT2D eigenvalue weighted by molar-refractivity contribution is 5.95. The summed E-state index contributed by atoms with van der Waals surface area (Å²) in [5.41, 5.74) is 1.46. The molecule has 0 spiro atoms. The molecule has 0 radical (unpaired) electrons. The lowest BCUT2D eigenvalue weighted by Crippen LogP contribution is -2.40. The summed E-state index contributed by atoms with van der Waals surface area (Å²) in [6.07, 6.45) is 1.01. The average Bonchev–Trinajstić information content (AvgIpc) is 3.10. The van der Waals surface area contributed by atoms with Gasteiger partial charge < -0.3 is 19.9 Å². The average molecular weight is 347 g/mol. The smallest absolute Gasteiger partial charge is 0.326 e. The van der Waals surface area contributed by atoms with Crippen molar-refractivity contribution < 1.29 is 24.2 Å². The normalized spacial score (nSPS) is 11.6. The van der Waals surface area contributed by atoms with Crippen LogP contribution in [0.25, 0.3) is 11.3 Å². The molecule has 1 aromatic carbocycles. The first-order valence-electron chi connectivity index (χ1n) is 7.81. The van der Waals surface area contributed by atoms with E-state index in [0.29, 0.717) is 30.0 Å². The van der Waals surface area contributed by atoms with Crippen molar-refractivity contribution in [3.8, 4) is 22.8 Å². The van der Waals surface area contributed by atoms with Crippen molar-refractivity contribution in [2.75, 3.05) is 14.2 Å². The second-order valence-corrected chi connectivity index (χ2v) is 5.39. The molecule has 1 atom stereocenters. The van der Waals surface area contributed by atoms with Crippen LogP contribution in [-0.4, -0.2) is 47.4 Å². The lowest BCUT2D eigenvalue weighted by Gasteiger charge is -2.12. The summed E-state index contributed by atoms with van der Waals surface area (Å²) in [7, 11) is 3.08. The van der Waals surface area contributed by atoms with Crippen molar-refractivity contribution in [1.82, 2.24) is 15.5 Å². The fraction of sp³-hybridized carbons (Fsp3) is 0.353. The van der Waals surface area contributed by atoms with E-state index in [2.05, 4.69) is 15.5 Å². The lowest BCUT2D eigenvalue weighted by atomic mass is 10.1. The number of H-pyrrole nitrogens is 1. The third-order valence-electron chi connectivity index (χ3n) is 3.68. The summed E-state index contributed by atoms with van der Waals surface area (Å²) in [5, 5.41) is 18.3. The number of aromatic nitrogens is 2. The summed E-state index contributed by atoms with van der Waals surface area (Å²) >= 11 is 0. The zero-order valence-electron chi connectivity index (χ0n) is 14.3. The summed E-state index contributed by atoms with van der Waals surface area (Å²) in [6.45, 7) is 1.85. The minimum absolute atomic E-state index is 0.187. The molecule has 0 aliphatic carbocycles. The fourth-order valence-electron chi connectivity index (χ4n) is 2.36. The van der Waals surface area contributed by atoms with Gasteiger partial charge in [0.05, 0.1) is 19.9 Å². The van der Waals surface area contributed by atoms with E-state index in [1.807, 2.05) is 6.92 Å². The molecule has 3 N–H and O–H groups in total. The number of rotatable bonds is 8. The molecule has 2 rings (SSSR count). The Bertz CT molecular complexity index is 756. The number of benzene rings is 1. The number of aliphatic carboxylic acids is 1. The number of nitrogens with zero attached hydrogens (tertiary/aromatic N) is 1. The fourth-order valence-corrected chi connectivity index (χ4v) is 2.36. The van der Waals surface area contributed by atoms with Crippen LogP contribution in [0.5, 0.6) is 11.5 Å². The van der Waals surface area contributed by atoms with Gasteiger partial charge in [0.25, 0.3) is 5.91 Å². The van der Waals surface area contributed by atoms with Gasteiger partial charge in [0.15, 0.2) is 11.5 Å². The standard InChI is InChI=1S/C17H21N3O5/c1-4-5-11(17(22)23)18-16(21)13-9-12(19-20-13)10-6-7-14(24-2)15(8-10)25-3/h6-9,11H,4-5H2,1-3H3,(H,18,21)(H,19,20)(H,22,23). The zero-order valence-corrected chi connectivity index (χ0v) is 14.3. The quantitative estimate of drug-likeness (QED) is 0.674. The maximum Gasteiger partial charge on any atom is 0.326 e. The highest BCUT2D eigenvalue weighted by atomic mass is 16.5. The third-order valence-corrected chi connectivity index (χ3v) is 3.68. The maximum atomic E-state index is 12.2. The summed E-state index contributed by atoms with van der Waals surface area (Å²) < 4.78 is 10.4. The van der Waals surface area contributed by atoms with E-state index in [1.165, 1.54) is 7.11 Å². The molecule has 1 amide bonds. The van der Waals surface area contributed by atoms with E-state index in [0.717, 1.165) is 5.56 Å². The molecule has 1 unspecified atom stereocenters. The number of nitrogens with one attached hydrogen (secondary N) is 2. The van der Waals surface area contributed by atoms with Crippen molar-refractivity contribution in [3.05, 3.63) is 30.0 Å². The topological polar surface area (TPSA) is 114 Å². The number of aromatic amines is 1. The Morgan fingerprint density at radius 2 is 1.96 bits per heavy atom. The highest BCUT2D eigenvalue weighted by Crippen LogP contribution is 2.31. The van der Waals surface area contributed by atoms with E-state index in [-0.39, 0.29) is 5.69 Å². The van der Waals surface area contributed by atoms with Gasteiger partial charge >= 0.3 is 5.97 Å². The van der Waals surface area contributed by atoms with Gasteiger partial charge in [0.1, 0.15) is 11.7 Å². The van der Waals surface area contributed by atoms with Gasteiger partial charge in [-0.2, -0.15) is 5.10 Å². The van der Waals surface area contributed by atoms with Crippen LogP contribution in [-0.2, 0) is 4.79 Å². The molecule has 8 nitrogen and oxygen atoms in total. The summed E-state index contributed by atoms with van der Waals surface area (Å²) in [5.74, 6) is -0.443. The van der Waals surface area contributed by atoms with E-state index in [1.54, 1.807) is 31.4 Å². The molecule has 1 aromatic heterocycles. The number of ether oxygens (including phenoxy) is 2. The summed E-state index contributed by atoms with van der Waals surface area (Å²) in [4.78, 5) is 23.4. The van der Waals surface area contributed by atoms with Crippen molar-refractivity contribution in [2.24, 2.45) is 0 Å². The molecule has 0 saturated carbocycles. The van der Waals surface area contributed by atoms with E-state index in [9.17, 15) is 9.59 Å². The van der Waals surface area contributed by atoms with Crippen LogP contribution < -0.4 is 14.8 Å². The van der Waals surface area contributed by atoms with Gasteiger partial charge in [-0.1, -0.05) is 13.3 Å². The molecule has 0 aliphatic rings. The first-order chi connectivity index (χ1) is 12.0. The first-order valence-corrected chi connectivity index (χ1v) is 7.81. The molecule has 0 bridgehead atoms. The SMILES string of the molecule is CCCC(NC(=O)c1cc(-c2ccc(OC)c(OC)c2)n[nH]1)C(=O)O. The van der Waals surface area contributed by atoms with Crippen LogP contribution in [0.15, 0.2) is 24.3 Å². The Labute approximate surface area is 145 Å². The number of carbonyl (C=O) groups is 2. The van der Waals surface area contributed by atoms with Gasteiger partial charge in [-0.05, 0) is 30.7 Å². The predicted octanol–water partition coefficient (Wildman–Crippen LogP) is 2.08. The molecular weight excluding hydrogens is 326 g/mol. The van der Waals surface area contributed by atoms with Crippen molar-refractivity contribution in [1.29, 1.82) is 0 Å². The number of methoxy groups -OCH3 is 2. The molecule has 25 heavy (non-hydrogen) atoms. The predicted molar refractivity (Wildman–Crippen MR) is 90.9 cm³/mol. The second kappa shape index (κ2) is 8.18. The number of carbonyl (C=O) groups excluding carboxylic acids is 1. The van der Waals surface area contributed by atoms with Gasteiger partial charge in [0, 0.05) is 5.56 Å². The highest BCUT2D eigenvalue weighted by Gasteiger charge is 2.21. The Hall–Kier alpha value is -3.03. The third kappa shape index (κ3) is 4.28. The summed E-state index contributed by atoms with van der Waals surface area (Å²) in [6, 6.07) is 5.90. The Morgan fingerprint density at radius 1 is 1.24 bits per heavy atom. The van der Waals surface area contributed by atoms with Crippen LogP contribution in [0.1, 0.15) is 30.3 Å². The van der Waals surface area contributed by atoms with E-state index in [4.69, 9.17) is 14.6 Å². The Balaban J connectivity index is 2.19. The largest absolute Gasteiger partial charge is 0.493 e. The molecule has 0 fully saturated rings. The minimum Gasteiger partial charge on any atom is -0.493 e. The van der Waals surface area contributed by atoms with Gasteiger partial charge in [0.2, 0.25) is 0 Å². The van der Waals surface area contributed by atoms with Crippen LogP contribution in [0.2, 0.25) is 0 Å². The van der Waals surface area contributed by atoms with Crippen LogP contribution in [0.3, 0.4) is 0 Å². The Morgan fingerprint density at radius 3 is 2.56 bits per heavy atom. The zero-order chi connectivity index (χ0) is 18.4. The van der Waals surface area contributed by atoms with E-state index >= 15 is 0 Å². The minimum atomic E-state index is -1.06.